The summed E-state index contributed by atoms with van der Waals surface area (Å²) in [6.07, 6.45) is 12.3. The number of likely N-dealkylation sites (tertiary alicyclic amines) is 2. The molecule has 198 valence electrons. The van der Waals surface area contributed by atoms with Crippen molar-refractivity contribution in [2.45, 2.75) is 83.6 Å². The standard InChI is InChI=1S/C29H45N5O2/c1-21-9-5-7-11-22(12-8-6-10-21)24-19-26(27(35)32-25-13-3-2-4-14-25)34(20-24)28(36)23-15-17-33(18-16-23)29(30)31/h2-4,13-14,21-24,26H,5-12,15-20H2,1H3,(H3,30,31)(H,32,35). The molecule has 36 heavy (non-hydrogen) atoms. The van der Waals surface area contributed by atoms with E-state index in [9.17, 15) is 9.59 Å². The van der Waals surface area contributed by atoms with Crippen LogP contribution in [0.3, 0.4) is 0 Å². The molecule has 0 spiro atoms. The van der Waals surface area contributed by atoms with Crippen LogP contribution in [0.4, 0.5) is 5.69 Å². The Morgan fingerprint density at radius 3 is 2.14 bits per heavy atom. The maximum absolute atomic E-state index is 13.8. The Hall–Kier alpha value is -2.57. The summed E-state index contributed by atoms with van der Waals surface area (Å²) < 4.78 is 0. The van der Waals surface area contributed by atoms with Crippen molar-refractivity contribution in [2.75, 3.05) is 25.0 Å². The molecule has 2 aliphatic heterocycles. The topological polar surface area (TPSA) is 103 Å². The fourth-order valence-corrected chi connectivity index (χ4v) is 6.61. The summed E-state index contributed by atoms with van der Waals surface area (Å²) in [7, 11) is 0. The van der Waals surface area contributed by atoms with Gasteiger partial charge in [-0.1, -0.05) is 76.5 Å². The summed E-state index contributed by atoms with van der Waals surface area (Å²) in [6, 6.07) is 9.15. The number of hydrogen-bond donors (Lipinski definition) is 3. The molecule has 2 atom stereocenters. The lowest BCUT2D eigenvalue weighted by molar-refractivity contribution is -0.141. The minimum atomic E-state index is -0.413. The number of nitrogens with one attached hydrogen (secondary N) is 2. The van der Waals surface area contributed by atoms with Crippen molar-refractivity contribution >= 4 is 23.5 Å². The Labute approximate surface area is 216 Å². The highest BCUT2D eigenvalue weighted by Crippen LogP contribution is 2.38. The number of para-hydroxylation sites is 1. The zero-order chi connectivity index (χ0) is 25.5. The highest BCUT2D eigenvalue weighted by Gasteiger charge is 2.44. The summed E-state index contributed by atoms with van der Waals surface area (Å²) in [6.45, 7) is 4.34. The maximum Gasteiger partial charge on any atom is 0.247 e. The van der Waals surface area contributed by atoms with Gasteiger partial charge in [-0.05, 0) is 49.1 Å². The van der Waals surface area contributed by atoms with Crippen molar-refractivity contribution in [3.63, 3.8) is 0 Å². The van der Waals surface area contributed by atoms with Gasteiger partial charge >= 0.3 is 0 Å². The van der Waals surface area contributed by atoms with Crippen LogP contribution in [0, 0.1) is 29.1 Å². The fourth-order valence-electron chi connectivity index (χ4n) is 6.61. The molecule has 2 amide bonds. The van der Waals surface area contributed by atoms with Crippen LogP contribution < -0.4 is 11.1 Å². The zero-order valence-electron chi connectivity index (χ0n) is 22.0. The molecule has 7 nitrogen and oxygen atoms in total. The van der Waals surface area contributed by atoms with Gasteiger partial charge in [-0.15, -0.1) is 0 Å². The summed E-state index contributed by atoms with van der Waals surface area (Å²) >= 11 is 0. The van der Waals surface area contributed by atoms with Crippen LogP contribution in [-0.2, 0) is 9.59 Å². The summed E-state index contributed by atoms with van der Waals surface area (Å²) in [5, 5.41) is 10.8. The molecule has 4 N–H and O–H groups in total. The molecular formula is C29H45N5O2. The van der Waals surface area contributed by atoms with Crippen molar-refractivity contribution in [1.82, 2.24) is 9.80 Å². The van der Waals surface area contributed by atoms with E-state index < -0.39 is 6.04 Å². The van der Waals surface area contributed by atoms with Crippen LogP contribution in [-0.4, -0.2) is 53.2 Å². The van der Waals surface area contributed by atoms with Crippen LogP contribution in [0.15, 0.2) is 30.3 Å². The highest BCUT2D eigenvalue weighted by molar-refractivity contribution is 5.97. The molecule has 1 aliphatic carbocycles. The molecule has 7 heteroatoms. The van der Waals surface area contributed by atoms with Crippen LogP contribution in [0.1, 0.15) is 77.6 Å². The molecule has 0 bridgehead atoms. The third-order valence-corrected chi connectivity index (χ3v) is 8.86. The largest absolute Gasteiger partial charge is 0.370 e. The van der Waals surface area contributed by atoms with E-state index in [-0.39, 0.29) is 23.7 Å². The second-order valence-electron chi connectivity index (χ2n) is 11.4. The number of amides is 2. The molecule has 3 fully saturated rings. The first-order chi connectivity index (χ1) is 17.4. The van der Waals surface area contributed by atoms with Crippen molar-refractivity contribution in [3.8, 4) is 0 Å². The molecule has 4 rings (SSSR count). The van der Waals surface area contributed by atoms with Gasteiger partial charge in [0.15, 0.2) is 5.96 Å². The lowest BCUT2D eigenvalue weighted by Gasteiger charge is -2.35. The average Bonchev–Trinajstić information content (AvgIpc) is 3.33. The fraction of sp³-hybridized carbons (Fsp3) is 0.690. The monoisotopic (exact) mass is 495 g/mol. The molecule has 2 unspecified atom stereocenters. The van der Waals surface area contributed by atoms with E-state index in [1.54, 1.807) is 0 Å². The van der Waals surface area contributed by atoms with E-state index >= 15 is 0 Å². The third kappa shape index (κ3) is 6.80. The average molecular weight is 496 g/mol. The Bertz CT molecular complexity index is 871. The number of anilines is 1. The number of nitrogens with zero attached hydrogens (tertiary/aromatic N) is 2. The number of benzene rings is 1. The van der Waals surface area contributed by atoms with E-state index in [0.29, 0.717) is 44.3 Å². The first kappa shape index (κ1) is 26.5. The number of guanidine groups is 1. The Balaban J connectivity index is 1.46. The van der Waals surface area contributed by atoms with Gasteiger partial charge in [0.2, 0.25) is 11.8 Å². The van der Waals surface area contributed by atoms with Gasteiger partial charge in [-0.25, -0.2) is 0 Å². The molecule has 0 aromatic heterocycles. The summed E-state index contributed by atoms with van der Waals surface area (Å²) in [5.41, 5.74) is 6.44. The first-order valence-electron chi connectivity index (χ1n) is 14.2. The van der Waals surface area contributed by atoms with Crippen molar-refractivity contribution < 1.29 is 9.59 Å². The van der Waals surface area contributed by atoms with Crippen LogP contribution in [0.25, 0.3) is 0 Å². The van der Waals surface area contributed by atoms with Gasteiger partial charge in [0.05, 0.1) is 0 Å². The van der Waals surface area contributed by atoms with Gasteiger partial charge in [0.1, 0.15) is 6.04 Å². The van der Waals surface area contributed by atoms with Crippen molar-refractivity contribution in [1.29, 1.82) is 5.41 Å². The van der Waals surface area contributed by atoms with E-state index in [0.717, 1.165) is 18.0 Å². The summed E-state index contributed by atoms with van der Waals surface area (Å²) in [4.78, 5) is 31.0. The minimum absolute atomic E-state index is 0.0630. The molecule has 2 saturated heterocycles. The van der Waals surface area contributed by atoms with Crippen molar-refractivity contribution in [3.05, 3.63) is 30.3 Å². The number of rotatable bonds is 4. The van der Waals surface area contributed by atoms with E-state index in [4.69, 9.17) is 11.1 Å². The molecule has 1 aromatic carbocycles. The maximum atomic E-state index is 13.8. The smallest absolute Gasteiger partial charge is 0.247 e. The van der Waals surface area contributed by atoms with Crippen LogP contribution in [0.2, 0.25) is 0 Å². The minimum Gasteiger partial charge on any atom is -0.370 e. The van der Waals surface area contributed by atoms with Gasteiger partial charge in [-0.3, -0.25) is 15.0 Å². The van der Waals surface area contributed by atoms with Crippen molar-refractivity contribution in [2.24, 2.45) is 29.4 Å². The SMILES string of the molecule is CC1CCCCC(C2CC(C(=O)Nc3ccccc3)N(C(=O)C3CCN(C(=N)N)CC3)C2)CCCC1. The Morgan fingerprint density at radius 1 is 0.917 bits per heavy atom. The number of hydrogen-bond acceptors (Lipinski definition) is 3. The first-order valence-corrected chi connectivity index (χ1v) is 14.2. The second-order valence-corrected chi connectivity index (χ2v) is 11.4. The Morgan fingerprint density at radius 2 is 1.53 bits per heavy atom. The number of piperidine rings is 1. The predicted octanol–water partition coefficient (Wildman–Crippen LogP) is 4.83. The third-order valence-electron chi connectivity index (χ3n) is 8.86. The van der Waals surface area contributed by atoms with E-state index in [1.807, 2.05) is 40.1 Å². The van der Waals surface area contributed by atoms with Gasteiger partial charge in [0.25, 0.3) is 0 Å². The second kappa shape index (κ2) is 12.6. The van der Waals surface area contributed by atoms with E-state index in [2.05, 4.69) is 12.2 Å². The molecule has 3 aliphatic rings. The number of carbonyl (C=O) groups is 2. The molecule has 1 aromatic rings. The van der Waals surface area contributed by atoms with Gasteiger partial charge < -0.3 is 20.9 Å². The number of carbonyl (C=O) groups excluding carboxylic acids is 2. The predicted molar refractivity (Wildman–Crippen MR) is 144 cm³/mol. The molecule has 0 radical (unpaired) electrons. The Kier molecular flexibility index (Phi) is 9.27. The summed E-state index contributed by atoms with van der Waals surface area (Å²) in [5.74, 6) is 1.83. The lowest BCUT2D eigenvalue weighted by Crippen LogP contribution is -2.49. The molecular weight excluding hydrogens is 450 g/mol. The molecule has 1 saturated carbocycles. The lowest BCUT2D eigenvalue weighted by atomic mass is 9.80. The van der Waals surface area contributed by atoms with Gasteiger partial charge in [0, 0.05) is 31.2 Å². The van der Waals surface area contributed by atoms with Gasteiger partial charge in [-0.2, -0.15) is 0 Å². The van der Waals surface area contributed by atoms with Crippen LogP contribution in [0.5, 0.6) is 0 Å². The molecule has 2 heterocycles. The van der Waals surface area contributed by atoms with E-state index in [1.165, 1.54) is 51.4 Å². The highest BCUT2D eigenvalue weighted by atomic mass is 16.2. The quantitative estimate of drug-likeness (QED) is 0.411. The van der Waals surface area contributed by atoms with Crippen LogP contribution >= 0.6 is 0 Å². The zero-order valence-corrected chi connectivity index (χ0v) is 22.0. The normalized spacial score (nSPS) is 28.5. The number of nitrogens with two attached hydrogens (primary N) is 1.